The molecule has 14 heavy (non-hydrogen) atoms. The summed E-state index contributed by atoms with van der Waals surface area (Å²) in [5.74, 6) is -0.900. The largest absolute Gasteiger partial charge is 0.469 e. The molecule has 2 unspecified atom stereocenters. The number of esters is 1. The molecule has 78 valence electrons. The van der Waals surface area contributed by atoms with Crippen molar-refractivity contribution in [3.8, 4) is 0 Å². The predicted molar refractivity (Wildman–Crippen MR) is 55.2 cm³/mol. The van der Waals surface area contributed by atoms with Gasteiger partial charge in [-0.3, -0.25) is 4.79 Å². The molecule has 0 aliphatic rings. The van der Waals surface area contributed by atoms with Gasteiger partial charge in [0.1, 0.15) is 6.10 Å². The zero-order chi connectivity index (χ0) is 10.7. The Bertz CT molecular complexity index is 319. The highest BCUT2D eigenvalue weighted by atomic mass is 32.1. The van der Waals surface area contributed by atoms with E-state index in [4.69, 9.17) is 0 Å². The number of methoxy groups -OCH3 is 1. The fourth-order valence-corrected chi connectivity index (χ4v) is 2.25. The van der Waals surface area contributed by atoms with Gasteiger partial charge in [0.25, 0.3) is 0 Å². The molecule has 0 radical (unpaired) electrons. The Labute approximate surface area is 87.3 Å². The molecule has 1 aromatic rings. The average molecular weight is 214 g/mol. The van der Waals surface area contributed by atoms with Crippen molar-refractivity contribution < 1.29 is 14.6 Å². The average Bonchev–Trinajstić information content (AvgIpc) is 2.61. The van der Waals surface area contributed by atoms with Crippen molar-refractivity contribution in [2.45, 2.75) is 20.0 Å². The van der Waals surface area contributed by atoms with Crippen LogP contribution in [0.4, 0.5) is 0 Å². The molecule has 0 saturated heterocycles. The lowest BCUT2D eigenvalue weighted by Crippen LogP contribution is -2.20. The summed E-state index contributed by atoms with van der Waals surface area (Å²) in [5.41, 5.74) is 1.01. The van der Waals surface area contributed by atoms with Crippen molar-refractivity contribution >= 4 is 17.3 Å². The number of hydrogen-bond acceptors (Lipinski definition) is 4. The molecule has 3 nitrogen and oxygen atoms in total. The lowest BCUT2D eigenvalue weighted by atomic mass is 10.0. The van der Waals surface area contributed by atoms with E-state index in [0.29, 0.717) is 0 Å². The minimum absolute atomic E-state index is 0.384. The van der Waals surface area contributed by atoms with Gasteiger partial charge >= 0.3 is 5.97 Å². The lowest BCUT2D eigenvalue weighted by molar-refractivity contribution is -0.148. The maximum Gasteiger partial charge on any atom is 0.311 e. The molecule has 0 spiro atoms. The number of aliphatic hydroxyl groups excluding tert-OH is 1. The van der Waals surface area contributed by atoms with Crippen molar-refractivity contribution in [3.05, 3.63) is 21.9 Å². The summed E-state index contributed by atoms with van der Waals surface area (Å²) < 4.78 is 4.58. The zero-order valence-corrected chi connectivity index (χ0v) is 9.30. The van der Waals surface area contributed by atoms with Crippen LogP contribution < -0.4 is 0 Å². The Balaban J connectivity index is 2.80. The normalized spacial score (nSPS) is 14.9. The van der Waals surface area contributed by atoms with E-state index in [1.54, 1.807) is 6.92 Å². The smallest absolute Gasteiger partial charge is 0.311 e. The molecule has 1 rings (SSSR count). The Morgan fingerprint density at radius 1 is 1.64 bits per heavy atom. The molecule has 0 amide bonds. The quantitative estimate of drug-likeness (QED) is 0.782. The second-order valence-corrected chi connectivity index (χ2v) is 4.17. The van der Waals surface area contributed by atoms with E-state index >= 15 is 0 Å². The topological polar surface area (TPSA) is 46.5 Å². The van der Waals surface area contributed by atoms with Gasteiger partial charge < -0.3 is 9.84 Å². The van der Waals surface area contributed by atoms with Crippen molar-refractivity contribution in [1.29, 1.82) is 0 Å². The van der Waals surface area contributed by atoms with Gasteiger partial charge in [-0.05, 0) is 30.9 Å². The van der Waals surface area contributed by atoms with Gasteiger partial charge in [-0.25, -0.2) is 0 Å². The first-order valence-corrected chi connectivity index (χ1v) is 5.25. The number of carbonyl (C=O) groups excluding carboxylic acids is 1. The molecule has 4 heteroatoms. The van der Waals surface area contributed by atoms with Gasteiger partial charge in [0.15, 0.2) is 0 Å². The monoisotopic (exact) mass is 214 g/mol. The first-order valence-electron chi connectivity index (χ1n) is 4.37. The number of aryl methyl sites for hydroxylation is 1. The zero-order valence-electron chi connectivity index (χ0n) is 8.48. The molecular formula is C10H14O3S. The van der Waals surface area contributed by atoms with Gasteiger partial charge in [-0.2, -0.15) is 0 Å². The van der Waals surface area contributed by atoms with Crippen molar-refractivity contribution in [1.82, 2.24) is 0 Å². The lowest BCUT2D eigenvalue weighted by Gasteiger charge is -2.16. The fourth-order valence-electron chi connectivity index (χ4n) is 1.23. The van der Waals surface area contributed by atoms with E-state index in [-0.39, 0.29) is 5.97 Å². The summed E-state index contributed by atoms with van der Waals surface area (Å²) in [4.78, 5) is 12.0. The Morgan fingerprint density at radius 3 is 2.71 bits per heavy atom. The van der Waals surface area contributed by atoms with Crippen molar-refractivity contribution in [2.24, 2.45) is 5.92 Å². The van der Waals surface area contributed by atoms with Crippen LogP contribution in [0.25, 0.3) is 0 Å². The van der Waals surface area contributed by atoms with Crippen LogP contribution in [0.15, 0.2) is 11.4 Å². The first-order chi connectivity index (χ1) is 6.57. The summed E-state index contributed by atoms with van der Waals surface area (Å²) in [6.07, 6.45) is -0.762. The van der Waals surface area contributed by atoms with Gasteiger partial charge in [0.05, 0.1) is 13.0 Å². The Morgan fingerprint density at radius 2 is 2.29 bits per heavy atom. The number of aliphatic hydroxyl groups is 1. The summed E-state index contributed by atoms with van der Waals surface area (Å²) in [6, 6.07) is 1.92. The van der Waals surface area contributed by atoms with Crippen LogP contribution in [0.1, 0.15) is 23.5 Å². The van der Waals surface area contributed by atoms with E-state index < -0.39 is 12.0 Å². The second kappa shape index (κ2) is 4.57. The van der Waals surface area contributed by atoms with Crippen LogP contribution in [0.5, 0.6) is 0 Å². The number of hydrogen-bond donors (Lipinski definition) is 1. The minimum atomic E-state index is -0.762. The van der Waals surface area contributed by atoms with Crippen LogP contribution in [0, 0.1) is 12.8 Å². The highest BCUT2D eigenvalue weighted by molar-refractivity contribution is 7.10. The van der Waals surface area contributed by atoms with Crippen molar-refractivity contribution in [3.63, 3.8) is 0 Å². The van der Waals surface area contributed by atoms with Crippen LogP contribution in [-0.2, 0) is 9.53 Å². The third-order valence-electron chi connectivity index (χ3n) is 2.22. The molecule has 1 N–H and O–H groups in total. The second-order valence-electron chi connectivity index (χ2n) is 3.22. The summed E-state index contributed by atoms with van der Waals surface area (Å²) in [5, 5.41) is 11.8. The number of carbonyl (C=O) groups is 1. The standard InChI is InChI=1S/C10H14O3S/c1-6-4-5-14-9(6)8(11)7(2)10(12)13-3/h4-5,7-8,11H,1-3H3. The van der Waals surface area contributed by atoms with Crippen LogP contribution in [0.2, 0.25) is 0 Å². The van der Waals surface area contributed by atoms with E-state index in [2.05, 4.69) is 4.74 Å². The SMILES string of the molecule is COC(=O)C(C)C(O)c1sccc1C. The Kier molecular flexibility index (Phi) is 3.66. The molecule has 2 atom stereocenters. The third kappa shape index (κ3) is 2.13. The summed E-state index contributed by atoms with van der Waals surface area (Å²) in [6.45, 7) is 3.58. The predicted octanol–water partition coefficient (Wildman–Crippen LogP) is 1.90. The molecule has 0 bridgehead atoms. The summed E-state index contributed by atoms with van der Waals surface area (Å²) >= 11 is 1.46. The van der Waals surface area contributed by atoms with Gasteiger partial charge in [0.2, 0.25) is 0 Å². The number of ether oxygens (including phenoxy) is 1. The molecule has 1 aromatic heterocycles. The maximum absolute atomic E-state index is 11.2. The van der Waals surface area contributed by atoms with Crippen LogP contribution in [-0.4, -0.2) is 18.2 Å². The molecule has 0 saturated carbocycles. The molecule has 0 aliphatic carbocycles. The van der Waals surface area contributed by atoms with E-state index in [9.17, 15) is 9.90 Å². The first kappa shape index (κ1) is 11.2. The molecule has 0 fully saturated rings. The van der Waals surface area contributed by atoms with E-state index in [1.807, 2.05) is 18.4 Å². The molecule has 0 aliphatic heterocycles. The number of thiophene rings is 1. The minimum Gasteiger partial charge on any atom is -0.469 e. The van der Waals surface area contributed by atoms with Gasteiger partial charge in [-0.1, -0.05) is 0 Å². The van der Waals surface area contributed by atoms with Gasteiger partial charge in [0, 0.05) is 4.88 Å². The fraction of sp³-hybridized carbons (Fsp3) is 0.500. The van der Waals surface area contributed by atoms with Crippen LogP contribution >= 0.6 is 11.3 Å². The van der Waals surface area contributed by atoms with Crippen molar-refractivity contribution in [2.75, 3.05) is 7.11 Å². The number of rotatable bonds is 3. The molecule has 0 aromatic carbocycles. The van der Waals surface area contributed by atoms with E-state index in [0.717, 1.165) is 10.4 Å². The molecular weight excluding hydrogens is 200 g/mol. The maximum atomic E-state index is 11.2. The van der Waals surface area contributed by atoms with Crippen LogP contribution in [0.3, 0.4) is 0 Å². The third-order valence-corrected chi connectivity index (χ3v) is 3.31. The Hall–Kier alpha value is -0.870. The molecule has 1 heterocycles. The van der Waals surface area contributed by atoms with Gasteiger partial charge in [-0.15, -0.1) is 11.3 Å². The highest BCUT2D eigenvalue weighted by Crippen LogP contribution is 2.29. The highest BCUT2D eigenvalue weighted by Gasteiger charge is 2.25. The summed E-state index contributed by atoms with van der Waals surface area (Å²) in [7, 11) is 1.33. The van der Waals surface area contributed by atoms with E-state index in [1.165, 1.54) is 18.4 Å².